The molecule has 1 amide bonds. The molecule has 0 aliphatic carbocycles. The molecule has 136 valence electrons. The van der Waals surface area contributed by atoms with E-state index in [9.17, 15) is 9.59 Å². The zero-order valence-electron chi connectivity index (χ0n) is 14.3. The second-order valence-electron chi connectivity index (χ2n) is 5.41. The third kappa shape index (κ3) is 4.59. The van der Waals surface area contributed by atoms with Gasteiger partial charge in [-0.3, -0.25) is 4.79 Å². The fraction of sp³-hybridized carbons (Fsp3) is 0.0526. The molecule has 2 N–H and O–H groups in total. The quantitative estimate of drug-likeness (QED) is 0.650. The van der Waals surface area contributed by atoms with Gasteiger partial charge in [-0.15, -0.1) is 0 Å². The van der Waals surface area contributed by atoms with Gasteiger partial charge in [-0.2, -0.15) is 0 Å². The Balaban J connectivity index is 1.65. The minimum atomic E-state index is -0.444. The number of carbonyl (C=O) groups is 2. The fourth-order valence-electron chi connectivity index (χ4n) is 2.21. The smallest absolute Gasteiger partial charge is 0.337 e. The number of para-hydroxylation sites is 1. The number of esters is 1. The van der Waals surface area contributed by atoms with Crippen LogP contribution in [0.25, 0.3) is 0 Å². The van der Waals surface area contributed by atoms with Gasteiger partial charge in [0.15, 0.2) is 0 Å². The Hall–Kier alpha value is -3.45. The van der Waals surface area contributed by atoms with Gasteiger partial charge in [0.05, 0.1) is 35.8 Å². The zero-order chi connectivity index (χ0) is 19.2. The predicted octanol–water partition coefficient (Wildman–Crippen LogP) is 3.91. The van der Waals surface area contributed by atoms with Gasteiger partial charge in [-0.05, 0) is 36.4 Å². The van der Waals surface area contributed by atoms with E-state index in [0.29, 0.717) is 27.8 Å². The molecule has 0 bridgehead atoms. The van der Waals surface area contributed by atoms with Crippen molar-refractivity contribution in [1.82, 2.24) is 9.97 Å². The van der Waals surface area contributed by atoms with Crippen LogP contribution in [-0.2, 0) is 4.74 Å². The monoisotopic (exact) mass is 382 g/mol. The van der Waals surface area contributed by atoms with Gasteiger partial charge < -0.3 is 15.4 Å². The Kier molecular flexibility index (Phi) is 5.63. The number of hydrogen-bond donors (Lipinski definition) is 2. The average Bonchev–Trinajstić information content (AvgIpc) is 2.70. The molecule has 0 saturated carbocycles. The molecule has 0 unspecified atom stereocenters. The number of hydrogen-bond acceptors (Lipinski definition) is 6. The van der Waals surface area contributed by atoms with Crippen molar-refractivity contribution in [2.45, 2.75) is 0 Å². The lowest BCUT2D eigenvalue weighted by Crippen LogP contribution is -2.14. The summed E-state index contributed by atoms with van der Waals surface area (Å²) in [5, 5.41) is 6.27. The highest BCUT2D eigenvalue weighted by molar-refractivity contribution is 6.33. The van der Waals surface area contributed by atoms with E-state index in [-0.39, 0.29) is 5.69 Å². The number of nitrogens with one attached hydrogen (secondary N) is 2. The lowest BCUT2D eigenvalue weighted by Gasteiger charge is -2.08. The van der Waals surface area contributed by atoms with Crippen LogP contribution in [-0.4, -0.2) is 29.0 Å². The van der Waals surface area contributed by atoms with Crippen LogP contribution < -0.4 is 10.6 Å². The van der Waals surface area contributed by atoms with Gasteiger partial charge in [-0.1, -0.05) is 23.7 Å². The van der Waals surface area contributed by atoms with Crippen LogP contribution in [0, 0.1) is 0 Å². The minimum absolute atomic E-state index is 0.150. The molecule has 0 spiro atoms. The Morgan fingerprint density at radius 2 is 1.74 bits per heavy atom. The fourth-order valence-corrected chi connectivity index (χ4v) is 2.40. The molecular formula is C19H15ClN4O3. The standard InChI is InChI=1S/C19H15ClN4O3/c1-27-19(26)12-6-8-13(9-7-12)23-18(25)16-10-22-17(11-21-16)24-15-5-3-2-4-14(15)20/h2-11H,1H3,(H,22,24)(H,23,25). The van der Waals surface area contributed by atoms with Crippen LogP contribution in [0.4, 0.5) is 17.2 Å². The first kappa shape index (κ1) is 18.3. The van der Waals surface area contributed by atoms with Crippen molar-refractivity contribution in [2.24, 2.45) is 0 Å². The van der Waals surface area contributed by atoms with Crippen molar-refractivity contribution in [2.75, 3.05) is 17.7 Å². The normalized spacial score (nSPS) is 10.1. The van der Waals surface area contributed by atoms with Crippen molar-refractivity contribution in [3.8, 4) is 0 Å². The number of carbonyl (C=O) groups excluding carboxylic acids is 2. The number of methoxy groups -OCH3 is 1. The van der Waals surface area contributed by atoms with Crippen LogP contribution in [0.5, 0.6) is 0 Å². The largest absolute Gasteiger partial charge is 0.465 e. The van der Waals surface area contributed by atoms with Gasteiger partial charge in [0.2, 0.25) is 0 Å². The lowest BCUT2D eigenvalue weighted by molar-refractivity contribution is 0.0600. The first-order valence-electron chi connectivity index (χ1n) is 7.90. The third-order valence-electron chi connectivity index (χ3n) is 3.58. The average molecular weight is 383 g/mol. The maximum absolute atomic E-state index is 12.3. The van der Waals surface area contributed by atoms with E-state index in [1.54, 1.807) is 30.3 Å². The van der Waals surface area contributed by atoms with Gasteiger partial charge >= 0.3 is 5.97 Å². The number of anilines is 3. The van der Waals surface area contributed by atoms with E-state index in [1.165, 1.54) is 19.5 Å². The van der Waals surface area contributed by atoms with E-state index in [1.807, 2.05) is 18.2 Å². The number of rotatable bonds is 5. The molecule has 8 heteroatoms. The van der Waals surface area contributed by atoms with Gasteiger partial charge in [0.1, 0.15) is 11.5 Å². The molecule has 3 rings (SSSR count). The van der Waals surface area contributed by atoms with Gasteiger partial charge in [-0.25, -0.2) is 14.8 Å². The van der Waals surface area contributed by atoms with Crippen molar-refractivity contribution < 1.29 is 14.3 Å². The molecule has 2 aromatic carbocycles. The van der Waals surface area contributed by atoms with E-state index in [4.69, 9.17) is 11.6 Å². The van der Waals surface area contributed by atoms with Gasteiger partial charge in [0.25, 0.3) is 5.91 Å². The SMILES string of the molecule is COC(=O)c1ccc(NC(=O)c2cnc(Nc3ccccc3Cl)cn2)cc1. The lowest BCUT2D eigenvalue weighted by atomic mass is 10.2. The van der Waals surface area contributed by atoms with E-state index < -0.39 is 11.9 Å². The number of amides is 1. The highest BCUT2D eigenvalue weighted by atomic mass is 35.5. The first-order chi connectivity index (χ1) is 13.1. The molecule has 0 atom stereocenters. The van der Waals surface area contributed by atoms with Crippen molar-refractivity contribution in [3.05, 3.63) is 77.2 Å². The molecule has 0 aliphatic heterocycles. The summed E-state index contributed by atoms with van der Waals surface area (Å²) in [6, 6.07) is 13.6. The Bertz CT molecular complexity index is 959. The molecule has 0 radical (unpaired) electrons. The summed E-state index contributed by atoms with van der Waals surface area (Å²) in [6.45, 7) is 0. The molecule has 3 aromatic rings. The van der Waals surface area contributed by atoms with Crippen LogP contribution >= 0.6 is 11.6 Å². The Morgan fingerprint density at radius 3 is 2.37 bits per heavy atom. The summed E-state index contributed by atoms with van der Waals surface area (Å²) in [5.41, 5.74) is 1.76. The molecule has 0 saturated heterocycles. The topological polar surface area (TPSA) is 93.2 Å². The predicted molar refractivity (Wildman–Crippen MR) is 103 cm³/mol. The minimum Gasteiger partial charge on any atom is -0.465 e. The van der Waals surface area contributed by atoms with E-state index >= 15 is 0 Å². The summed E-state index contributed by atoms with van der Waals surface area (Å²) < 4.78 is 4.63. The van der Waals surface area contributed by atoms with Crippen LogP contribution in [0.3, 0.4) is 0 Å². The number of ether oxygens (including phenoxy) is 1. The third-order valence-corrected chi connectivity index (χ3v) is 3.91. The number of nitrogens with zero attached hydrogens (tertiary/aromatic N) is 2. The highest BCUT2D eigenvalue weighted by Crippen LogP contribution is 2.23. The summed E-state index contributed by atoms with van der Waals surface area (Å²) in [7, 11) is 1.31. The van der Waals surface area contributed by atoms with E-state index in [0.717, 1.165) is 0 Å². The van der Waals surface area contributed by atoms with Crippen LogP contribution in [0.1, 0.15) is 20.8 Å². The van der Waals surface area contributed by atoms with Crippen LogP contribution in [0.2, 0.25) is 5.02 Å². The van der Waals surface area contributed by atoms with Crippen molar-refractivity contribution in [1.29, 1.82) is 0 Å². The second kappa shape index (κ2) is 8.29. The molecule has 0 aliphatic rings. The zero-order valence-corrected chi connectivity index (χ0v) is 15.0. The first-order valence-corrected chi connectivity index (χ1v) is 8.28. The molecular weight excluding hydrogens is 368 g/mol. The van der Waals surface area contributed by atoms with Crippen molar-refractivity contribution in [3.63, 3.8) is 0 Å². The summed E-state index contributed by atoms with van der Waals surface area (Å²) in [4.78, 5) is 32.0. The number of aromatic nitrogens is 2. The van der Waals surface area contributed by atoms with E-state index in [2.05, 4.69) is 25.3 Å². The highest BCUT2D eigenvalue weighted by Gasteiger charge is 2.10. The second-order valence-corrected chi connectivity index (χ2v) is 5.82. The number of benzene rings is 2. The molecule has 27 heavy (non-hydrogen) atoms. The molecule has 7 nitrogen and oxygen atoms in total. The molecule has 0 fully saturated rings. The Labute approximate surface area is 160 Å². The summed E-state index contributed by atoms with van der Waals surface area (Å²) in [5.74, 6) is -0.403. The Morgan fingerprint density at radius 1 is 1.00 bits per heavy atom. The molecule has 1 aromatic heterocycles. The van der Waals surface area contributed by atoms with Crippen molar-refractivity contribution >= 4 is 40.7 Å². The summed E-state index contributed by atoms with van der Waals surface area (Å²) >= 11 is 6.08. The summed E-state index contributed by atoms with van der Waals surface area (Å²) in [6.07, 6.45) is 2.80. The maximum atomic E-state index is 12.3. The number of halogens is 1. The maximum Gasteiger partial charge on any atom is 0.337 e. The molecule has 1 heterocycles. The van der Waals surface area contributed by atoms with Gasteiger partial charge in [0, 0.05) is 5.69 Å². The van der Waals surface area contributed by atoms with Crippen LogP contribution in [0.15, 0.2) is 60.9 Å².